The fourth-order valence-electron chi connectivity index (χ4n) is 1.42. The smallest absolute Gasteiger partial charge is 0.305 e. The highest BCUT2D eigenvalue weighted by Crippen LogP contribution is 2.10. The minimum Gasteiger partial charge on any atom is -0.481 e. The number of piperazine rings is 1. The first-order valence-corrected chi connectivity index (χ1v) is 4.69. The maximum atomic E-state index is 11.6. The molecular weight excluding hydrogens is 200 g/mol. The topological polar surface area (TPSA) is 77.9 Å². The number of carboxylic acid groups (broad SMARTS) is 1. The molecule has 0 bridgehead atoms. The molecule has 0 radical (unpaired) electrons. The zero-order chi connectivity index (χ0) is 11.6. The molecule has 0 aromatic rings. The predicted octanol–water partition coefficient (Wildman–Crippen LogP) is -0.850. The third-order valence-electron chi connectivity index (χ3n) is 2.57. The Kier molecular flexibility index (Phi) is 3.28. The van der Waals surface area contributed by atoms with Crippen LogP contribution in [-0.4, -0.2) is 58.9 Å². The number of amides is 2. The van der Waals surface area contributed by atoms with Crippen molar-refractivity contribution < 1.29 is 19.5 Å². The van der Waals surface area contributed by atoms with Gasteiger partial charge < -0.3 is 14.9 Å². The van der Waals surface area contributed by atoms with E-state index in [1.165, 1.54) is 9.80 Å². The van der Waals surface area contributed by atoms with Gasteiger partial charge in [0.25, 0.3) is 0 Å². The summed E-state index contributed by atoms with van der Waals surface area (Å²) >= 11 is 0. The Morgan fingerprint density at radius 3 is 2.67 bits per heavy atom. The first-order chi connectivity index (χ1) is 6.93. The molecule has 1 atom stereocenters. The molecule has 1 aliphatic rings. The van der Waals surface area contributed by atoms with Crippen LogP contribution in [-0.2, 0) is 14.4 Å². The van der Waals surface area contributed by atoms with Crippen LogP contribution in [0.5, 0.6) is 0 Å². The average Bonchev–Trinajstić information content (AvgIpc) is 2.18. The van der Waals surface area contributed by atoms with Crippen molar-refractivity contribution in [3.05, 3.63) is 0 Å². The summed E-state index contributed by atoms with van der Waals surface area (Å²) in [6.45, 7) is 1.71. The number of carbonyl (C=O) groups is 3. The minimum absolute atomic E-state index is 0.0209. The van der Waals surface area contributed by atoms with Crippen LogP contribution in [0.3, 0.4) is 0 Å². The van der Waals surface area contributed by atoms with Gasteiger partial charge in [0.15, 0.2) is 0 Å². The molecule has 6 nitrogen and oxygen atoms in total. The van der Waals surface area contributed by atoms with Crippen LogP contribution in [0.2, 0.25) is 0 Å². The first-order valence-electron chi connectivity index (χ1n) is 4.69. The van der Waals surface area contributed by atoms with E-state index in [1.807, 2.05) is 0 Å². The van der Waals surface area contributed by atoms with Crippen LogP contribution in [0.4, 0.5) is 0 Å². The Morgan fingerprint density at radius 2 is 2.13 bits per heavy atom. The van der Waals surface area contributed by atoms with E-state index < -0.39 is 12.0 Å². The molecule has 1 fully saturated rings. The van der Waals surface area contributed by atoms with E-state index in [1.54, 1.807) is 14.0 Å². The highest BCUT2D eigenvalue weighted by molar-refractivity contribution is 5.94. The summed E-state index contributed by atoms with van der Waals surface area (Å²) in [4.78, 5) is 36.0. The van der Waals surface area contributed by atoms with Gasteiger partial charge in [0, 0.05) is 13.6 Å². The number of hydrogen-bond acceptors (Lipinski definition) is 3. The monoisotopic (exact) mass is 214 g/mol. The molecule has 1 N–H and O–H groups in total. The van der Waals surface area contributed by atoms with E-state index in [-0.39, 0.29) is 31.3 Å². The summed E-state index contributed by atoms with van der Waals surface area (Å²) in [5, 5.41) is 8.48. The molecule has 15 heavy (non-hydrogen) atoms. The second-order valence-electron chi connectivity index (χ2n) is 3.58. The van der Waals surface area contributed by atoms with Crippen molar-refractivity contribution in [3.8, 4) is 0 Å². The molecule has 0 aliphatic carbocycles. The van der Waals surface area contributed by atoms with Crippen LogP contribution in [0, 0.1) is 0 Å². The van der Waals surface area contributed by atoms with Gasteiger partial charge >= 0.3 is 5.97 Å². The molecule has 0 aromatic carbocycles. The van der Waals surface area contributed by atoms with E-state index in [2.05, 4.69) is 0 Å². The fraction of sp³-hybridized carbons (Fsp3) is 0.667. The zero-order valence-corrected chi connectivity index (χ0v) is 8.77. The van der Waals surface area contributed by atoms with Crippen molar-refractivity contribution in [2.45, 2.75) is 19.4 Å². The summed E-state index contributed by atoms with van der Waals surface area (Å²) < 4.78 is 0. The van der Waals surface area contributed by atoms with Crippen LogP contribution in [0.1, 0.15) is 13.3 Å². The summed E-state index contributed by atoms with van der Waals surface area (Å²) in [5.41, 5.74) is 0. The number of carbonyl (C=O) groups excluding carboxylic acids is 2. The molecule has 1 unspecified atom stereocenters. The predicted molar refractivity (Wildman–Crippen MR) is 51.1 cm³/mol. The Labute approximate surface area is 87.5 Å². The van der Waals surface area contributed by atoms with Gasteiger partial charge in [0.05, 0.1) is 13.0 Å². The van der Waals surface area contributed by atoms with Crippen LogP contribution in [0.25, 0.3) is 0 Å². The lowest BCUT2D eigenvalue weighted by Gasteiger charge is -2.36. The quantitative estimate of drug-likeness (QED) is 0.663. The molecule has 1 heterocycles. The number of nitrogens with zero attached hydrogens (tertiary/aromatic N) is 2. The van der Waals surface area contributed by atoms with Crippen LogP contribution >= 0.6 is 0 Å². The second kappa shape index (κ2) is 4.29. The first kappa shape index (κ1) is 11.5. The van der Waals surface area contributed by atoms with Crippen molar-refractivity contribution in [3.63, 3.8) is 0 Å². The number of aliphatic carboxylic acids is 1. The van der Waals surface area contributed by atoms with E-state index in [0.717, 1.165) is 0 Å². The van der Waals surface area contributed by atoms with E-state index in [0.29, 0.717) is 0 Å². The van der Waals surface area contributed by atoms with E-state index in [4.69, 9.17) is 5.11 Å². The van der Waals surface area contributed by atoms with Gasteiger partial charge in [-0.1, -0.05) is 0 Å². The van der Waals surface area contributed by atoms with Crippen LogP contribution in [0.15, 0.2) is 0 Å². The Bertz CT molecular complexity index is 302. The molecular formula is C9H14N2O4. The van der Waals surface area contributed by atoms with E-state index in [9.17, 15) is 14.4 Å². The molecule has 0 saturated carbocycles. The largest absolute Gasteiger partial charge is 0.481 e. The maximum Gasteiger partial charge on any atom is 0.305 e. The molecule has 2 amide bonds. The Hall–Kier alpha value is -1.59. The van der Waals surface area contributed by atoms with Crippen molar-refractivity contribution in [1.29, 1.82) is 0 Å². The average molecular weight is 214 g/mol. The summed E-state index contributed by atoms with van der Waals surface area (Å²) in [6, 6.07) is -0.500. The van der Waals surface area contributed by atoms with Crippen molar-refractivity contribution >= 4 is 17.8 Å². The number of hydrogen-bond donors (Lipinski definition) is 1. The lowest BCUT2D eigenvalue weighted by molar-refractivity contribution is -0.154. The standard InChI is InChI=1S/C9H14N2O4/c1-6-9(15)11(4-3-8(13)14)5-7(12)10(6)2/h6H,3-5H2,1-2H3,(H,13,14). The van der Waals surface area contributed by atoms with Crippen LogP contribution < -0.4 is 0 Å². The maximum absolute atomic E-state index is 11.6. The van der Waals surface area contributed by atoms with Gasteiger partial charge in [0.1, 0.15) is 6.04 Å². The molecule has 6 heteroatoms. The third kappa shape index (κ3) is 2.45. The summed E-state index contributed by atoms with van der Waals surface area (Å²) in [7, 11) is 1.57. The number of rotatable bonds is 3. The number of likely N-dealkylation sites (N-methyl/N-ethyl adjacent to an activating group) is 1. The van der Waals surface area contributed by atoms with Crippen molar-refractivity contribution in [1.82, 2.24) is 9.80 Å². The Balaban J connectivity index is 2.62. The highest BCUT2D eigenvalue weighted by Gasteiger charge is 2.33. The molecule has 1 aliphatic heterocycles. The molecule has 0 aromatic heterocycles. The highest BCUT2D eigenvalue weighted by atomic mass is 16.4. The molecule has 1 rings (SSSR count). The van der Waals surface area contributed by atoms with Gasteiger partial charge in [-0.2, -0.15) is 0 Å². The Morgan fingerprint density at radius 1 is 1.53 bits per heavy atom. The van der Waals surface area contributed by atoms with Gasteiger partial charge in [-0.05, 0) is 6.92 Å². The van der Waals surface area contributed by atoms with Crippen molar-refractivity contribution in [2.24, 2.45) is 0 Å². The molecule has 1 saturated heterocycles. The minimum atomic E-state index is -0.971. The third-order valence-corrected chi connectivity index (χ3v) is 2.57. The molecule has 0 spiro atoms. The van der Waals surface area contributed by atoms with Gasteiger partial charge in [-0.3, -0.25) is 14.4 Å². The SMILES string of the molecule is CC1C(=O)N(CCC(=O)O)CC(=O)N1C. The molecule has 84 valence electrons. The fourth-order valence-corrected chi connectivity index (χ4v) is 1.42. The zero-order valence-electron chi connectivity index (χ0n) is 8.77. The number of carboxylic acids is 1. The van der Waals surface area contributed by atoms with Gasteiger partial charge in [-0.15, -0.1) is 0 Å². The second-order valence-corrected chi connectivity index (χ2v) is 3.58. The van der Waals surface area contributed by atoms with Gasteiger partial charge in [-0.25, -0.2) is 0 Å². The lowest BCUT2D eigenvalue weighted by atomic mass is 10.2. The van der Waals surface area contributed by atoms with Gasteiger partial charge in [0.2, 0.25) is 11.8 Å². The van der Waals surface area contributed by atoms with E-state index >= 15 is 0 Å². The summed E-state index contributed by atoms with van der Waals surface area (Å²) in [5.74, 6) is -1.33. The normalized spacial score (nSPS) is 22.1. The summed E-state index contributed by atoms with van der Waals surface area (Å²) in [6.07, 6.45) is -0.130. The lowest BCUT2D eigenvalue weighted by Crippen LogP contribution is -2.57. The van der Waals surface area contributed by atoms with Crippen molar-refractivity contribution in [2.75, 3.05) is 20.1 Å².